The van der Waals surface area contributed by atoms with E-state index in [1.54, 1.807) is 7.11 Å². The summed E-state index contributed by atoms with van der Waals surface area (Å²) in [6.45, 7) is 4.19. The second-order valence-electron chi connectivity index (χ2n) is 4.11. The summed E-state index contributed by atoms with van der Waals surface area (Å²) in [4.78, 5) is 0. The van der Waals surface area contributed by atoms with E-state index in [4.69, 9.17) is 4.74 Å². The summed E-state index contributed by atoms with van der Waals surface area (Å²) in [5.74, 6) is 0.913. The Morgan fingerprint density at radius 1 is 0.812 bits per heavy atom. The van der Waals surface area contributed by atoms with Crippen LogP contribution in [0, 0.1) is 13.8 Å². The number of ether oxygens (including phenoxy) is 1. The molecule has 1 heteroatoms. The zero-order chi connectivity index (χ0) is 11.5. The van der Waals surface area contributed by atoms with Gasteiger partial charge in [-0.25, -0.2) is 0 Å². The Kier molecular flexibility index (Phi) is 2.95. The quantitative estimate of drug-likeness (QED) is 0.731. The Hall–Kier alpha value is -1.76. The minimum atomic E-state index is 0.913. The molecule has 0 saturated carbocycles. The maximum atomic E-state index is 5.29. The van der Waals surface area contributed by atoms with E-state index in [1.807, 2.05) is 6.07 Å². The SMILES string of the molecule is COc1cc(C)cc(-c2cccc(C)c2)c1. The van der Waals surface area contributed by atoms with Gasteiger partial charge in [-0.1, -0.05) is 35.9 Å². The molecular formula is C15H16O. The number of aryl methyl sites for hydroxylation is 2. The third kappa shape index (κ3) is 2.25. The Balaban J connectivity index is 2.51. The molecule has 0 aliphatic heterocycles. The predicted octanol–water partition coefficient (Wildman–Crippen LogP) is 3.98. The third-order valence-electron chi connectivity index (χ3n) is 2.64. The van der Waals surface area contributed by atoms with Crippen molar-refractivity contribution in [3.05, 3.63) is 53.6 Å². The molecule has 16 heavy (non-hydrogen) atoms. The van der Waals surface area contributed by atoms with Crippen LogP contribution in [0.1, 0.15) is 11.1 Å². The van der Waals surface area contributed by atoms with Gasteiger partial charge in [0.25, 0.3) is 0 Å². The predicted molar refractivity (Wildman–Crippen MR) is 67.9 cm³/mol. The summed E-state index contributed by atoms with van der Waals surface area (Å²) in [5, 5.41) is 0. The molecule has 2 aromatic carbocycles. The maximum absolute atomic E-state index is 5.29. The number of methoxy groups -OCH3 is 1. The van der Waals surface area contributed by atoms with Crippen LogP contribution in [0.5, 0.6) is 5.75 Å². The first kappa shape index (κ1) is 10.7. The van der Waals surface area contributed by atoms with E-state index in [0.717, 1.165) is 5.75 Å². The van der Waals surface area contributed by atoms with E-state index in [9.17, 15) is 0 Å². The summed E-state index contributed by atoms with van der Waals surface area (Å²) >= 11 is 0. The van der Waals surface area contributed by atoms with Crippen LogP contribution in [0.2, 0.25) is 0 Å². The fourth-order valence-electron chi connectivity index (χ4n) is 1.86. The second kappa shape index (κ2) is 4.40. The summed E-state index contributed by atoms with van der Waals surface area (Å²) in [6, 6.07) is 14.8. The monoisotopic (exact) mass is 212 g/mol. The lowest BCUT2D eigenvalue weighted by molar-refractivity contribution is 0.414. The van der Waals surface area contributed by atoms with Gasteiger partial charge in [-0.15, -0.1) is 0 Å². The smallest absolute Gasteiger partial charge is 0.119 e. The molecular weight excluding hydrogens is 196 g/mol. The van der Waals surface area contributed by atoms with Crippen molar-refractivity contribution in [1.82, 2.24) is 0 Å². The molecule has 0 aliphatic carbocycles. The zero-order valence-electron chi connectivity index (χ0n) is 9.95. The van der Waals surface area contributed by atoms with Crippen LogP contribution in [0.25, 0.3) is 11.1 Å². The van der Waals surface area contributed by atoms with Crippen LogP contribution < -0.4 is 4.74 Å². The average molecular weight is 212 g/mol. The first-order valence-corrected chi connectivity index (χ1v) is 5.42. The van der Waals surface area contributed by atoms with E-state index in [1.165, 1.54) is 22.3 Å². The molecule has 0 heterocycles. The summed E-state index contributed by atoms with van der Waals surface area (Å²) in [5.41, 5.74) is 4.94. The van der Waals surface area contributed by atoms with Gasteiger partial charge in [0.2, 0.25) is 0 Å². The summed E-state index contributed by atoms with van der Waals surface area (Å²) < 4.78 is 5.29. The molecule has 0 saturated heterocycles. The molecule has 82 valence electrons. The Bertz CT molecular complexity index is 501. The summed E-state index contributed by atoms with van der Waals surface area (Å²) in [6.07, 6.45) is 0. The molecule has 2 aromatic rings. The Labute approximate surface area is 96.7 Å². The van der Waals surface area contributed by atoms with Crippen molar-refractivity contribution in [1.29, 1.82) is 0 Å². The molecule has 0 amide bonds. The zero-order valence-corrected chi connectivity index (χ0v) is 9.95. The van der Waals surface area contributed by atoms with Crippen LogP contribution in [-0.4, -0.2) is 7.11 Å². The molecule has 0 spiro atoms. The van der Waals surface area contributed by atoms with Crippen molar-refractivity contribution < 1.29 is 4.74 Å². The van der Waals surface area contributed by atoms with Gasteiger partial charge in [0, 0.05) is 0 Å². The topological polar surface area (TPSA) is 9.23 Å². The first-order chi connectivity index (χ1) is 7.69. The minimum absolute atomic E-state index is 0.913. The van der Waals surface area contributed by atoms with Crippen molar-refractivity contribution in [2.24, 2.45) is 0 Å². The lowest BCUT2D eigenvalue weighted by atomic mass is 10.0. The van der Waals surface area contributed by atoms with E-state index < -0.39 is 0 Å². The third-order valence-corrected chi connectivity index (χ3v) is 2.64. The highest BCUT2D eigenvalue weighted by Gasteiger charge is 2.01. The normalized spacial score (nSPS) is 10.2. The fourth-order valence-corrected chi connectivity index (χ4v) is 1.86. The van der Waals surface area contributed by atoms with Crippen LogP contribution >= 0.6 is 0 Å². The van der Waals surface area contributed by atoms with E-state index in [0.29, 0.717) is 0 Å². The highest BCUT2D eigenvalue weighted by atomic mass is 16.5. The van der Waals surface area contributed by atoms with Crippen molar-refractivity contribution in [3.63, 3.8) is 0 Å². The molecule has 0 unspecified atom stereocenters. The molecule has 0 bridgehead atoms. The van der Waals surface area contributed by atoms with Gasteiger partial charge < -0.3 is 4.74 Å². The molecule has 0 fully saturated rings. The van der Waals surface area contributed by atoms with Crippen LogP contribution in [0.3, 0.4) is 0 Å². The molecule has 1 nitrogen and oxygen atoms in total. The minimum Gasteiger partial charge on any atom is -0.497 e. The summed E-state index contributed by atoms with van der Waals surface area (Å²) in [7, 11) is 1.70. The number of hydrogen-bond acceptors (Lipinski definition) is 1. The van der Waals surface area contributed by atoms with Gasteiger partial charge in [-0.05, 0) is 42.7 Å². The van der Waals surface area contributed by atoms with Crippen molar-refractivity contribution in [2.45, 2.75) is 13.8 Å². The molecule has 0 radical (unpaired) electrons. The number of benzene rings is 2. The van der Waals surface area contributed by atoms with Gasteiger partial charge >= 0.3 is 0 Å². The van der Waals surface area contributed by atoms with Gasteiger partial charge in [0.1, 0.15) is 5.75 Å². The average Bonchev–Trinajstić information content (AvgIpc) is 2.28. The van der Waals surface area contributed by atoms with Gasteiger partial charge in [-0.2, -0.15) is 0 Å². The molecule has 0 aromatic heterocycles. The molecule has 0 atom stereocenters. The van der Waals surface area contributed by atoms with E-state index >= 15 is 0 Å². The second-order valence-corrected chi connectivity index (χ2v) is 4.11. The number of hydrogen-bond donors (Lipinski definition) is 0. The lowest BCUT2D eigenvalue weighted by Gasteiger charge is -2.07. The Morgan fingerprint density at radius 3 is 2.25 bits per heavy atom. The van der Waals surface area contributed by atoms with Crippen molar-refractivity contribution in [3.8, 4) is 16.9 Å². The van der Waals surface area contributed by atoms with Crippen molar-refractivity contribution >= 4 is 0 Å². The van der Waals surface area contributed by atoms with E-state index in [-0.39, 0.29) is 0 Å². The van der Waals surface area contributed by atoms with Crippen molar-refractivity contribution in [2.75, 3.05) is 7.11 Å². The molecule has 2 rings (SSSR count). The highest BCUT2D eigenvalue weighted by molar-refractivity contribution is 5.66. The van der Waals surface area contributed by atoms with Crippen LogP contribution in [0.15, 0.2) is 42.5 Å². The van der Waals surface area contributed by atoms with Gasteiger partial charge in [0.05, 0.1) is 7.11 Å². The molecule has 0 N–H and O–H groups in total. The first-order valence-electron chi connectivity index (χ1n) is 5.42. The highest BCUT2D eigenvalue weighted by Crippen LogP contribution is 2.26. The largest absolute Gasteiger partial charge is 0.497 e. The maximum Gasteiger partial charge on any atom is 0.119 e. The van der Waals surface area contributed by atoms with Crippen LogP contribution in [0.4, 0.5) is 0 Å². The van der Waals surface area contributed by atoms with Gasteiger partial charge in [-0.3, -0.25) is 0 Å². The Morgan fingerprint density at radius 2 is 1.56 bits per heavy atom. The van der Waals surface area contributed by atoms with E-state index in [2.05, 4.69) is 50.2 Å². The standard InChI is InChI=1S/C15H16O/c1-11-5-4-6-13(7-11)14-8-12(2)9-15(10-14)16-3/h4-10H,1-3H3. The molecule has 0 aliphatic rings. The van der Waals surface area contributed by atoms with Gasteiger partial charge in [0.15, 0.2) is 0 Å². The lowest BCUT2D eigenvalue weighted by Crippen LogP contribution is -1.86. The van der Waals surface area contributed by atoms with Crippen LogP contribution in [-0.2, 0) is 0 Å². The number of rotatable bonds is 2. The fraction of sp³-hybridized carbons (Fsp3) is 0.200.